The summed E-state index contributed by atoms with van der Waals surface area (Å²) in [7, 11) is -3.10. The Morgan fingerprint density at radius 2 is 1.70 bits per heavy atom. The van der Waals surface area contributed by atoms with E-state index < -0.39 is 9.84 Å². The van der Waals surface area contributed by atoms with E-state index in [2.05, 4.69) is 10.3 Å². The Balaban J connectivity index is 1.57. The highest BCUT2D eigenvalue weighted by Gasteiger charge is 2.09. The fourth-order valence-corrected chi connectivity index (χ4v) is 3.64. The van der Waals surface area contributed by atoms with Crippen molar-refractivity contribution in [3.8, 4) is 11.6 Å². The first-order valence-corrected chi connectivity index (χ1v) is 11.5. The monoisotopic (exact) mass is 424 g/mol. The summed E-state index contributed by atoms with van der Waals surface area (Å²) in [6.45, 7) is 4.30. The fourth-order valence-electron chi connectivity index (χ4n) is 2.85. The van der Waals surface area contributed by atoms with Crippen LogP contribution in [0.3, 0.4) is 0 Å². The first-order valence-electron chi connectivity index (χ1n) is 9.44. The second kappa shape index (κ2) is 9.09. The predicted molar refractivity (Wildman–Crippen MR) is 116 cm³/mol. The summed E-state index contributed by atoms with van der Waals surface area (Å²) < 4.78 is 28.5. The highest BCUT2D eigenvalue weighted by atomic mass is 32.2. The molecule has 0 unspecified atom stereocenters. The molecule has 2 aromatic carbocycles. The Morgan fingerprint density at radius 3 is 2.33 bits per heavy atom. The maximum absolute atomic E-state index is 12.3. The van der Waals surface area contributed by atoms with Gasteiger partial charge in [-0.1, -0.05) is 30.3 Å². The van der Waals surface area contributed by atoms with Crippen LogP contribution in [0.25, 0.3) is 0 Å². The van der Waals surface area contributed by atoms with Crippen LogP contribution in [0.15, 0.2) is 60.8 Å². The number of hydrogen-bond donors (Lipinski definition) is 1. The fraction of sp³-hybridized carbons (Fsp3) is 0.217. The van der Waals surface area contributed by atoms with Gasteiger partial charge in [-0.05, 0) is 54.3 Å². The highest BCUT2D eigenvalue weighted by molar-refractivity contribution is 7.89. The Labute approximate surface area is 176 Å². The molecule has 0 atom stereocenters. The van der Waals surface area contributed by atoms with Gasteiger partial charge < -0.3 is 10.1 Å². The van der Waals surface area contributed by atoms with E-state index in [0.717, 1.165) is 22.4 Å². The summed E-state index contributed by atoms with van der Waals surface area (Å²) in [5.74, 6) is 0.969. The SMILES string of the molecule is Cc1ccc(C)c(Oc2ccc(CNC(=O)c3ccc(CS(C)(=O)=O)cc3)cn2)c1. The molecule has 1 N–H and O–H groups in total. The third-order valence-corrected chi connectivity index (χ3v) is 5.31. The van der Waals surface area contributed by atoms with Crippen LogP contribution in [-0.4, -0.2) is 25.6 Å². The summed E-state index contributed by atoms with van der Waals surface area (Å²) in [5.41, 5.74) is 4.10. The molecule has 3 rings (SSSR count). The van der Waals surface area contributed by atoms with Gasteiger partial charge in [-0.3, -0.25) is 4.79 Å². The first kappa shape index (κ1) is 21.5. The van der Waals surface area contributed by atoms with Gasteiger partial charge in [0.25, 0.3) is 5.91 Å². The molecule has 7 heteroatoms. The number of benzene rings is 2. The number of sulfone groups is 1. The number of carbonyl (C=O) groups excluding carboxylic acids is 1. The molecule has 6 nitrogen and oxygen atoms in total. The van der Waals surface area contributed by atoms with Gasteiger partial charge in [0.15, 0.2) is 9.84 Å². The highest BCUT2D eigenvalue weighted by Crippen LogP contribution is 2.24. The lowest BCUT2D eigenvalue weighted by Crippen LogP contribution is -2.22. The van der Waals surface area contributed by atoms with Gasteiger partial charge in [-0.2, -0.15) is 0 Å². The number of nitrogens with one attached hydrogen (secondary N) is 1. The van der Waals surface area contributed by atoms with E-state index in [1.807, 2.05) is 38.1 Å². The molecule has 0 fully saturated rings. The molecule has 30 heavy (non-hydrogen) atoms. The number of amides is 1. The standard InChI is InChI=1S/C23H24N2O4S/c1-16-4-5-17(2)21(12-16)29-22-11-8-19(13-24-22)14-25-23(26)20-9-6-18(7-10-20)15-30(3,27)28/h4-13H,14-15H2,1-3H3,(H,25,26). The maximum atomic E-state index is 12.3. The number of aryl methyl sites for hydroxylation is 2. The van der Waals surface area contributed by atoms with Crippen molar-refractivity contribution in [1.29, 1.82) is 0 Å². The molecule has 0 aliphatic carbocycles. The Morgan fingerprint density at radius 1 is 1.00 bits per heavy atom. The minimum Gasteiger partial charge on any atom is -0.439 e. The molecular formula is C23H24N2O4S. The second-order valence-corrected chi connectivity index (χ2v) is 9.47. The second-order valence-electron chi connectivity index (χ2n) is 7.33. The van der Waals surface area contributed by atoms with Gasteiger partial charge >= 0.3 is 0 Å². The minimum atomic E-state index is -3.10. The number of ether oxygens (including phenoxy) is 1. The summed E-state index contributed by atoms with van der Waals surface area (Å²) in [4.78, 5) is 16.6. The van der Waals surface area contributed by atoms with E-state index in [9.17, 15) is 13.2 Å². The molecule has 3 aromatic rings. The molecular weight excluding hydrogens is 400 g/mol. The van der Waals surface area contributed by atoms with E-state index in [4.69, 9.17) is 4.74 Å². The van der Waals surface area contributed by atoms with Crippen molar-refractivity contribution < 1.29 is 17.9 Å². The van der Waals surface area contributed by atoms with Gasteiger partial charge in [0.1, 0.15) is 5.75 Å². The third kappa shape index (κ3) is 6.15. The molecule has 1 heterocycles. The summed E-state index contributed by atoms with van der Waals surface area (Å²) >= 11 is 0. The first-order chi connectivity index (χ1) is 14.2. The molecule has 1 amide bonds. The van der Waals surface area contributed by atoms with E-state index in [1.54, 1.807) is 36.5 Å². The van der Waals surface area contributed by atoms with Crippen LogP contribution in [0, 0.1) is 13.8 Å². The Bertz CT molecular complexity index is 1140. The van der Waals surface area contributed by atoms with Crippen molar-refractivity contribution in [2.75, 3.05) is 6.26 Å². The van der Waals surface area contributed by atoms with Crippen LogP contribution < -0.4 is 10.1 Å². The molecule has 0 bridgehead atoms. The van der Waals surface area contributed by atoms with E-state index in [0.29, 0.717) is 23.6 Å². The number of nitrogens with zero attached hydrogens (tertiary/aromatic N) is 1. The van der Waals surface area contributed by atoms with Crippen molar-refractivity contribution >= 4 is 15.7 Å². The number of pyridine rings is 1. The zero-order valence-corrected chi connectivity index (χ0v) is 18.0. The molecule has 156 valence electrons. The lowest BCUT2D eigenvalue weighted by molar-refractivity contribution is 0.0951. The van der Waals surface area contributed by atoms with Gasteiger partial charge in [0.2, 0.25) is 5.88 Å². The summed E-state index contributed by atoms with van der Waals surface area (Å²) in [5, 5.41) is 2.83. The largest absolute Gasteiger partial charge is 0.439 e. The lowest BCUT2D eigenvalue weighted by Gasteiger charge is -2.10. The van der Waals surface area contributed by atoms with E-state index in [-0.39, 0.29) is 11.7 Å². The summed E-state index contributed by atoms with van der Waals surface area (Å²) in [6.07, 6.45) is 2.84. The summed E-state index contributed by atoms with van der Waals surface area (Å²) in [6, 6.07) is 16.2. The van der Waals surface area contributed by atoms with Crippen molar-refractivity contribution in [2.24, 2.45) is 0 Å². The van der Waals surface area contributed by atoms with Crippen LogP contribution in [-0.2, 0) is 22.1 Å². The molecule has 0 saturated heterocycles. The van der Waals surface area contributed by atoms with E-state index >= 15 is 0 Å². The van der Waals surface area contributed by atoms with Crippen molar-refractivity contribution in [3.05, 3.63) is 88.6 Å². The van der Waals surface area contributed by atoms with Crippen molar-refractivity contribution in [1.82, 2.24) is 10.3 Å². The molecule has 1 aromatic heterocycles. The molecule has 0 aliphatic heterocycles. The maximum Gasteiger partial charge on any atom is 0.251 e. The van der Waals surface area contributed by atoms with Gasteiger partial charge in [0, 0.05) is 30.6 Å². The van der Waals surface area contributed by atoms with Crippen LogP contribution >= 0.6 is 0 Å². The van der Waals surface area contributed by atoms with Crippen LogP contribution in [0.4, 0.5) is 0 Å². The lowest BCUT2D eigenvalue weighted by atomic mass is 10.1. The van der Waals surface area contributed by atoms with Crippen molar-refractivity contribution in [3.63, 3.8) is 0 Å². The minimum absolute atomic E-state index is 0.0446. The van der Waals surface area contributed by atoms with Gasteiger partial charge in [0.05, 0.1) is 5.75 Å². The predicted octanol–water partition coefficient (Wildman–Crippen LogP) is 3.97. The normalized spacial score (nSPS) is 11.2. The van der Waals surface area contributed by atoms with Crippen LogP contribution in [0.1, 0.15) is 32.6 Å². The zero-order valence-electron chi connectivity index (χ0n) is 17.2. The van der Waals surface area contributed by atoms with Crippen molar-refractivity contribution in [2.45, 2.75) is 26.1 Å². The molecule has 0 radical (unpaired) electrons. The van der Waals surface area contributed by atoms with Crippen LogP contribution in [0.5, 0.6) is 11.6 Å². The molecule has 0 aliphatic rings. The van der Waals surface area contributed by atoms with Gasteiger partial charge in [-0.15, -0.1) is 0 Å². The number of hydrogen-bond acceptors (Lipinski definition) is 5. The number of carbonyl (C=O) groups is 1. The topological polar surface area (TPSA) is 85.4 Å². The third-order valence-electron chi connectivity index (χ3n) is 4.45. The number of aromatic nitrogens is 1. The Hall–Kier alpha value is -3.19. The zero-order chi connectivity index (χ0) is 21.7. The molecule has 0 spiro atoms. The van der Waals surface area contributed by atoms with Crippen LogP contribution in [0.2, 0.25) is 0 Å². The number of rotatable bonds is 7. The molecule has 0 saturated carbocycles. The average Bonchev–Trinajstić information content (AvgIpc) is 2.69. The van der Waals surface area contributed by atoms with Gasteiger partial charge in [-0.25, -0.2) is 13.4 Å². The Kier molecular flexibility index (Phi) is 6.52. The quantitative estimate of drug-likeness (QED) is 0.620. The smallest absolute Gasteiger partial charge is 0.251 e. The van der Waals surface area contributed by atoms with E-state index in [1.165, 1.54) is 6.26 Å². The average molecular weight is 425 g/mol.